The summed E-state index contributed by atoms with van der Waals surface area (Å²) in [7, 11) is 0. The summed E-state index contributed by atoms with van der Waals surface area (Å²) in [5.74, 6) is 2.43. The van der Waals surface area contributed by atoms with Crippen LogP contribution in [0.25, 0.3) is 6.08 Å². The average Bonchev–Trinajstić information content (AvgIpc) is 2.84. The van der Waals surface area contributed by atoms with Crippen molar-refractivity contribution in [2.75, 3.05) is 6.54 Å². The highest BCUT2D eigenvalue weighted by molar-refractivity contribution is 8.18. The quantitative estimate of drug-likeness (QED) is 0.578. The van der Waals surface area contributed by atoms with E-state index in [1.54, 1.807) is 12.1 Å². The third-order valence-electron chi connectivity index (χ3n) is 1.94. The van der Waals surface area contributed by atoms with Crippen LogP contribution in [0.4, 0.5) is 4.79 Å². The number of carbonyl (C=O) groups is 2. The maximum atomic E-state index is 11.7. The zero-order valence-electron chi connectivity index (χ0n) is 8.17. The highest BCUT2D eigenvalue weighted by Gasteiger charge is 2.34. The molecule has 0 bridgehead atoms. The van der Waals surface area contributed by atoms with Crippen molar-refractivity contribution in [1.82, 2.24) is 4.90 Å². The van der Waals surface area contributed by atoms with Gasteiger partial charge in [-0.1, -0.05) is 5.92 Å². The number of rotatable bonds is 2. The van der Waals surface area contributed by atoms with Gasteiger partial charge in [0.15, 0.2) is 0 Å². The van der Waals surface area contributed by atoms with Gasteiger partial charge in [0.1, 0.15) is 5.76 Å². The standard InChI is InChI=1S/C11H7NO3S/c1-2-5-12-10(13)9(16-11(12)14)7-8-4-3-6-15-8/h1,3-4,6-7H,5H2. The molecule has 0 N–H and O–H groups in total. The minimum atomic E-state index is -0.371. The van der Waals surface area contributed by atoms with Gasteiger partial charge in [0, 0.05) is 6.08 Å². The van der Waals surface area contributed by atoms with Crippen LogP contribution < -0.4 is 0 Å². The lowest BCUT2D eigenvalue weighted by molar-refractivity contribution is -0.122. The van der Waals surface area contributed by atoms with Gasteiger partial charge in [-0.05, 0) is 23.9 Å². The molecule has 2 rings (SSSR count). The smallest absolute Gasteiger partial charge is 0.294 e. The molecule has 80 valence electrons. The van der Waals surface area contributed by atoms with Crippen molar-refractivity contribution in [1.29, 1.82) is 0 Å². The number of hydrogen-bond donors (Lipinski definition) is 0. The van der Waals surface area contributed by atoms with Gasteiger partial charge in [-0.2, -0.15) is 0 Å². The highest BCUT2D eigenvalue weighted by Crippen LogP contribution is 2.31. The summed E-state index contributed by atoms with van der Waals surface area (Å²) in [6.45, 7) is 0.000160. The molecule has 0 aromatic carbocycles. The molecule has 16 heavy (non-hydrogen) atoms. The van der Waals surface area contributed by atoms with Crippen molar-refractivity contribution in [3.05, 3.63) is 29.1 Å². The van der Waals surface area contributed by atoms with E-state index in [1.165, 1.54) is 12.3 Å². The van der Waals surface area contributed by atoms with E-state index in [0.717, 1.165) is 16.7 Å². The first-order valence-electron chi connectivity index (χ1n) is 4.44. The maximum absolute atomic E-state index is 11.7. The van der Waals surface area contributed by atoms with Crippen molar-refractivity contribution < 1.29 is 14.0 Å². The van der Waals surface area contributed by atoms with Crippen LogP contribution in [-0.2, 0) is 4.79 Å². The Morgan fingerprint density at radius 2 is 2.38 bits per heavy atom. The van der Waals surface area contributed by atoms with E-state index in [9.17, 15) is 9.59 Å². The lowest BCUT2D eigenvalue weighted by Gasteiger charge is -2.06. The zero-order chi connectivity index (χ0) is 11.5. The Hall–Kier alpha value is -1.93. The molecule has 1 aromatic rings. The van der Waals surface area contributed by atoms with E-state index in [1.807, 2.05) is 0 Å². The van der Waals surface area contributed by atoms with Crippen LogP contribution in [0.5, 0.6) is 0 Å². The molecule has 0 saturated carbocycles. The Balaban J connectivity index is 2.24. The third kappa shape index (κ3) is 1.88. The fourth-order valence-corrected chi connectivity index (χ4v) is 2.05. The molecule has 1 saturated heterocycles. The predicted molar refractivity (Wildman–Crippen MR) is 60.2 cm³/mol. The van der Waals surface area contributed by atoms with Gasteiger partial charge < -0.3 is 4.42 Å². The Morgan fingerprint density at radius 3 is 3.00 bits per heavy atom. The predicted octanol–water partition coefficient (Wildman–Crippen LogP) is 1.95. The SMILES string of the molecule is C#CCN1C(=O)SC(=Cc2ccco2)C1=O. The van der Waals surface area contributed by atoms with Crippen LogP contribution >= 0.6 is 11.8 Å². The molecule has 0 aliphatic carbocycles. The topological polar surface area (TPSA) is 50.5 Å². The lowest BCUT2D eigenvalue weighted by atomic mass is 10.3. The summed E-state index contributed by atoms with van der Waals surface area (Å²) < 4.78 is 5.06. The molecule has 0 spiro atoms. The van der Waals surface area contributed by atoms with Crippen LogP contribution in [0, 0.1) is 12.3 Å². The summed E-state index contributed by atoms with van der Waals surface area (Å²) in [5, 5.41) is -0.347. The summed E-state index contributed by atoms with van der Waals surface area (Å²) in [4.78, 5) is 24.5. The van der Waals surface area contributed by atoms with Crippen molar-refractivity contribution >= 4 is 29.0 Å². The molecule has 2 heterocycles. The first-order valence-corrected chi connectivity index (χ1v) is 5.26. The van der Waals surface area contributed by atoms with Crippen LogP contribution in [-0.4, -0.2) is 22.6 Å². The second-order valence-corrected chi connectivity index (χ2v) is 3.98. The van der Waals surface area contributed by atoms with Gasteiger partial charge in [0.05, 0.1) is 17.7 Å². The molecular formula is C11H7NO3S. The van der Waals surface area contributed by atoms with Gasteiger partial charge in [0.25, 0.3) is 11.1 Å². The molecule has 0 radical (unpaired) electrons. The second-order valence-electron chi connectivity index (χ2n) is 2.99. The fraction of sp³-hybridized carbons (Fsp3) is 0.0909. The number of nitrogens with zero attached hydrogens (tertiary/aromatic N) is 1. The monoisotopic (exact) mass is 233 g/mol. The van der Waals surface area contributed by atoms with Gasteiger partial charge in [-0.15, -0.1) is 6.42 Å². The summed E-state index contributed by atoms with van der Waals surface area (Å²) >= 11 is 0.863. The molecule has 1 aliphatic rings. The van der Waals surface area contributed by atoms with E-state index in [-0.39, 0.29) is 17.7 Å². The van der Waals surface area contributed by atoms with E-state index in [4.69, 9.17) is 10.8 Å². The van der Waals surface area contributed by atoms with E-state index in [2.05, 4.69) is 5.92 Å². The normalized spacial score (nSPS) is 18.2. The van der Waals surface area contributed by atoms with E-state index < -0.39 is 0 Å². The summed E-state index contributed by atoms with van der Waals surface area (Å²) in [6, 6.07) is 3.41. The lowest BCUT2D eigenvalue weighted by Crippen LogP contribution is -2.28. The number of imide groups is 1. The van der Waals surface area contributed by atoms with Crippen molar-refractivity contribution in [2.24, 2.45) is 0 Å². The highest BCUT2D eigenvalue weighted by atomic mass is 32.2. The number of hydrogen-bond acceptors (Lipinski definition) is 4. The van der Waals surface area contributed by atoms with Crippen LogP contribution in [0.15, 0.2) is 27.7 Å². The largest absolute Gasteiger partial charge is 0.465 e. The van der Waals surface area contributed by atoms with E-state index >= 15 is 0 Å². The Bertz CT molecular complexity index is 496. The summed E-state index contributed by atoms with van der Waals surface area (Å²) in [6.07, 6.45) is 8.10. The number of carbonyl (C=O) groups excluding carboxylic acids is 2. The number of amides is 2. The average molecular weight is 233 g/mol. The Morgan fingerprint density at radius 1 is 1.56 bits per heavy atom. The van der Waals surface area contributed by atoms with Gasteiger partial charge in [0.2, 0.25) is 0 Å². The van der Waals surface area contributed by atoms with Gasteiger partial charge >= 0.3 is 0 Å². The van der Waals surface area contributed by atoms with E-state index in [0.29, 0.717) is 10.7 Å². The molecule has 1 fully saturated rings. The Labute approximate surface area is 96.3 Å². The fourth-order valence-electron chi connectivity index (χ4n) is 1.23. The molecule has 0 atom stereocenters. The van der Waals surface area contributed by atoms with Crippen molar-refractivity contribution in [3.63, 3.8) is 0 Å². The zero-order valence-corrected chi connectivity index (χ0v) is 8.99. The van der Waals surface area contributed by atoms with Crippen LogP contribution in [0.3, 0.4) is 0 Å². The summed E-state index contributed by atoms with van der Waals surface area (Å²) in [5.41, 5.74) is 0. The third-order valence-corrected chi connectivity index (χ3v) is 2.85. The second kappa shape index (κ2) is 4.29. The Kier molecular flexibility index (Phi) is 2.84. The minimum Gasteiger partial charge on any atom is -0.465 e. The molecular weight excluding hydrogens is 226 g/mol. The number of furan rings is 1. The van der Waals surface area contributed by atoms with Crippen molar-refractivity contribution in [3.8, 4) is 12.3 Å². The van der Waals surface area contributed by atoms with Crippen LogP contribution in [0.2, 0.25) is 0 Å². The molecule has 2 amide bonds. The molecule has 1 aromatic heterocycles. The van der Waals surface area contributed by atoms with Crippen molar-refractivity contribution in [2.45, 2.75) is 0 Å². The minimum absolute atomic E-state index is 0.000160. The van der Waals surface area contributed by atoms with Crippen LogP contribution in [0.1, 0.15) is 5.76 Å². The number of terminal acetylenes is 1. The molecule has 5 heteroatoms. The first-order chi connectivity index (χ1) is 7.72. The molecule has 1 aliphatic heterocycles. The number of thioether (sulfide) groups is 1. The van der Waals surface area contributed by atoms with Gasteiger partial charge in [-0.25, -0.2) is 0 Å². The van der Waals surface area contributed by atoms with Gasteiger partial charge in [-0.3, -0.25) is 14.5 Å². The maximum Gasteiger partial charge on any atom is 0.294 e. The molecule has 0 unspecified atom stereocenters. The molecule has 4 nitrogen and oxygen atoms in total. The first kappa shape index (κ1) is 10.6.